The molecule has 1 unspecified atom stereocenters. The Morgan fingerprint density at radius 3 is 2.75 bits per heavy atom. The number of nitrogens with zero attached hydrogens (tertiary/aromatic N) is 2. The van der Waals surface area contributed by atoms with E-state index in [1.54, 1.807) is 0 Å². The fourth-order valence-corrected chi connectivity index (χ4v) is 4.02. The van der Waals surface area contributed by atoms with Crippen LogP contribution in [0.25, 0.3) is 0 Å². The molecule has 1 amide bonds. The highest BCUT2D eigenvalue weighted by Crippen LogP contribution is 2.34. The van der Waals surface area contributed by atoms with Crippen molar-refractivity contribution in [2.45, 2.75) is 39.2 Å². The van der Waals surface area contributed by atoms with Crippen LogP contribution in [-0.4, -0.2) is 61.1 Å². The predicted octanol–water partition coefficient (Wildman–Crippen LogP) is 2.58. The number of rotatable bonds is 5. The van der Waals surface area contributed by atoms with Gasteiger partial charge < -0.3 is 14.5 Å². The van der Waals surface area contributed by atoms with E-state index in [2.05, 4.69) is 49.1 Å². The van der Waals surface area contributed by atoms with Gasteiger partial charge in [0.05, 0.1) is 6.61 Å². The van der Waals surface area contributed by atoms with E-state index in [0.29, 0.717) is 0 Å². The third-order valence-electron chi connectivity index (χ3n) is 5.38. The summed E-state index contributed by atoms with van der Waals surface area (Å²) in [6.45, 7) is 9.32. The first-order chi connectivity index (χ1) is 11.6. The van der Waals surface area contributed by atoms with E-state index in [0.717, 1.165) is 45.6 Å². The molecule has 4 nitrogen and oxygen atoms in total. The molecule has 4 heteroatoms. The molecule has 1 atom stereocenters. The van der Waals surface area contributed by atoms with Gasteiger partial charge in [0.25, 0.3) is 0 Å². The number of hydrogen-bond acceptors (Lipinski definition) is 3. The van der Waals surface area contributed by atoms with Gasteiger partial charge in [0.1, 0.15) is 6.61 Å². The second kappa shape index (κ2) is 7.66. The van der Waals surface area contributed by atoms with E-state index in [-0.39, 0.29) is 24.0 Å². The topological polar surface area (TPSA) is 32.8 Å². The minimum atomic E-state index is 0.128. The Hall–Kier alpha value is -1.39. The molecule has 2 aliphatic rings. The summed E-state index contributed by atoms with van der Waals surface area (Å²) in [6.07, 6.45) is 3.46. The lowest BCUT2D eigenvalue weighted by molar-refractivity contribution is -0.135. The highest BCUT2D eigenvalue weighted by Gasteiger charge is 2.42. The van der Waals surface area contributed by atoms with Crippen LogP contribution >= 0.6 is 0 Å². The van der Waals surface area contributed by atoms with Crippen LogP contribution in [-0.2, 0) is 16.0 Å². The Morgan fingerprint density at radius 1 is 1.21 bits per heavy atom. The molecule has 1 aromatic carbocycles. The second-order valence-corrected chi connectivity index (χ2v) is 7.72. The molecule has 1 spiro atoms. The lowest BCUT2D eigenvalue weighted by Crippen LogP contribution is -2.45. The Balaban J connectivity index is 1.52. The molecule has 2 saturated heterocycles. The van der Waals surface area contributed by atoms with Gasteiger partial charge in [-0.2, -0.15) is 0 Å². The summed E-state index contributed by atoms with van der Waals surface area (Å²) in [5.41, 5.74) is 1.55. The number of aryl methyl sites for hydroxylation is 1. The Kier molecular flexibility index (Phi) is 5.57. The fourth-order valence-electron chi connectivity index (χ4n) is 4.02. The highest BCUT2D eigenvalue weighted by molar-refractivity contribution is 5.78. The molecule has 0 aromatic heterocycles. The largest absolute Gasteiger partial charge is 0.371 e. The highest BCUT2D eigenvalue weighted by atomic mass is 16.5. The van der Waals surface area contributed by atoms with Gasteiger partial charge in [0.2, 0.25) is 5.91 Å². The second-order valence-electron chi connectivity index (χ2n) is 7.72. The molecule has 2 fully saturated rings. The average molecular weight is 330 g/mol. The SMILES string of the molecule is CC(C)N1CC2(CCN(CCCc3ccccc3)C2)COCC1=O. The zero-order chi connectivity index (χ0) is 17.0. The number of benzene rings is 1. The van der Waals surface area contributed by atoms with Crippen LogP contribution in [0.5, 0.6) is 0 Å². The lowest BCUT2D eigenvalue weighted by Gasteiger charge is -2.34. The maximum absolute atomic E-state index is 12.2. The maximum atomic E-state index is 12.2. The van der Waals surface area contributed by atoms with Crippen LogP contribution in [0.4, 0.5) is 0 Å². The van der Waals surface area contributed by atoms with Crippen LogP contribution in [0.3, 0.4) is 0 Å². The zero-order valence-electron chi connectivity index (χ0n) is 15.0. The minimum absolute atomic E-state index is 0.128. The van der Waals surface area contributed by atoms with Gasteiger partial charge in [0.15, 0.2) is 0 Å². The quantitative estimate of drug-likeness (QED) is 0.832. The first kappa shape index (κ1) is 17.4. The van der Waals surface area contributed by atoms with Crippen molar-refractivity contribution in [1.82, 2.24) is 9.80 Å². The molecule has 0 N–H and O–H groups in total. The first-order valence-electron chi connectivity index (χ1n) is 9.21. The van der Waals surface area contributed by atoms with E-state index in [4.69, 9.17) is 4.74 Å². The van der Waals surface area contributed by atoms with Crippen LogP contribution < -0.4 is 0 Å². The molecular weight excluding hydrogens is 300 g/mol. The third kappa shape index (κ3) is 4.17. The number of likely N-dealkylation sites (tertiary alicyclic amines) is 1. The molecule has 2 aliphatic heterocycles. The van der Waals surface area contributed by atoms with Gasteiger partial charge in [0, 0.05) is 24.5 Å². The van der Waals surface area contributed by atoms with Crippen LogP contribution in [0.15, 0.2) is 30.3 Å². The standard InChI is InChI=1S/C20H30N2O2/c1-17(2)22-15-20(16-24-13-19(22)23)10-12-21(14-20)11-6-9-18-7-4-3-5-8-18/h3-5,7-8,17H,6,9-16H2,1-2H3. The summed E-state index contributed by atoms with van der Waals surface area (Å²) in [6, 6.07) is 11.0. The van der Waals surface area contributed by atoms with Crippen LogP contribution in [0.2, 0.25) is 0 Å². The monoisotopic (exact) mass is 330 g/mol. The molecule has 132 valence electrons. The van der Waals surface area contributed by atoms with Crippen molar-refractivity contribution in [1.29, 1.82) is 0 Å². The lowest BCUT2D eigenvalue weighted by atomic mass is 9.87. The van der Waals surface area contributed by atoms with Gasteiger partial charge in [-0.05, 0) is 51.8 Å². The van der Waals surface area contributed by atoms with Gasteiger partial charge in [-0.3, -0.25) is 4.79 Å². The van der Waals surface area contributed by atoms with E-state index in [1.807, 2.05) is 4.90 Å². The van der Waals surface area contributed by atoms with Gasteiger partial charge in [-0.15, -0.1) is 0 Å². The normalized spacial score (nSPS) is 25.6. The number of amides is 1. The molecular formula is C20H30N2O2. The smallest absolute Gasteiger partial charge is 0.248 e. The summed E-state index contributed by atoms with van der Waals surface area (Å²) in [4.78, 5) is 16.8. The molecule has 24 heavy (non-hydrogen) atoms. The molecule has 2 heterocycles. The van der Waals surface area contributed by atoms with Gasteiger partial charge in [-0.1, -0.05) is 30.3 Å². The molecule has 0 aliphatic carbocycles. The summed E-state index contributed by atoms with van der Waals surface area (Å²) in [7, 11) is 0. The van der Waals surface area contributed by atoms with Crippen molar-refractivity contribution in [3.8, 4) is 0 Å². The van der Waals surface area contributed by atoms with Crippen molar-refractivity contribution in [2.75, 3.05) is 39.4 Å². The van der Waals surface area contributed by atoms with E-state index in [9.17, 15) is 4.79 Å². The van der Waals surface area contributed by atoms with E-state index < -0.39 is 0 Å². The average Bonchev–Trinajstić information content (AvgIpc) is 2.88. The van der Waals surface area contributed by atoms with Crippen LogP contribution in [0.1, 0.15) is 32.3 Å². The number of ether oxygens (including phenoxy) is 1. The zero-order valence-corrected chi connectivity index (χ0v) is 15.0. The summed E-state index contributed by atoms with van der Waals surface area (Å²) < 4.78 is 5.73. The molecule has 3 rings (SSSR count). The first-order valence-corrected chi connectivity index (χ1v) is 9.21. The van der Waals surface area contributed by atoms with Gasteiger partial charge >= 0.3 is 0 Å². The van der Waals surface area contributed by atoms with Crippen molar-refractivity contribution in [3.05, 3.63) is 35.9 Å². The minimum Gasteiger partial charge on any atom is -0.371 e. The van der Waals surface area contributed by atoms with Crippen molar-refractivity contribution in [3.63, 3.8) is 0 Å². The van der Waals surface area contributed by atoms with E-state index in [1.165, 1.54) is 12.0 Å². The van der Waals surface area contributed by atoms with Gasteiger partial charge in [-0.25, -0.2) is 0 Å². The molecule has 0 saturated carbocycles. The van der Waals surface area contributed by atoms with Crippen LogP contribution in [0, 0.1) is 5.41 Å². The number of hydrogen-bond donors (Lipinski definition) is 0. The predicted molar refractivity (Wildman–Crippen MR) is 95.9 cm³/mol. The summed E-state index contributed by atoms with van der Waals surface area (Å²) in [5.74, 6) is 0.143. The van der Waals surface area contributed by atoms with Crippen molar-refractivity contribution >= 4 is 5.91 Å². The third-order valence-corrected chi connectivity index (χ3v) is 5.38. The summed E-state index contributed by atoms with van der Waals surface area (Å²) in [5, 5.41) is 0. The number of carbonyl (C=O) groups is 1. The number of carbonyl (C=O) groups excluding carboxylic acids is 1. The fraction of sp³-hybridized carbons (Fsp3) is 0.650. The van der Waals surface area contributed by atoms with E-state index >= 15 is 0 Å². The van der Waals surface area contributed by atoms with Crippen molar-refractivity contribution < 1.29 is 9.53 Å². The molecule has 0 radical (unpaired) electrons. The maximum Gasteiger partial charge on any atom is 0.248 e. The molecule has 1 aromatic rings. The summed E-state index contributed by atoms with van der Waals surface area (Å²) >= 11 is 0. The molecule has 0 bridgehead atoms. The Bertz CT molecular complexity index is 546. The Morgan fingerprint density at radius 2 is 2.00 bits per heavy atom. The van der Waals surface area contributed by atoms with Crippen molar-refractivity contribution in [2.24, 2.45) is 5.41 Å². The Labute approximate surface area is 145 Å².